The molecule has 0 aromatic carbocycles. The molecule has 1 atom stereocenters. The number of imidazole rings is 1. The van der Waals surface area contributed by atoms with E-state index in [2.05, 4.69) is 31.1 Å². The summed E-state index contributed by atoms with van der Waals surface area (Å²) in [5.74, 6) is 0.0216. The number of piperidine rings is 1. The summed E-state index contributed by atoms with van der Waals surface area (Å²) in [5, 5.41) is 3.21. The number of likely N-dealkylation sites (N-methyl/N-ethyl adjacent to an activating group) is 1. The third kappa shape index (κ3) is 4.61. The number of carbonyl (C=O) groups excluding carboxylic acids is 2. The molecule has 2 fully saturated rings. The van der Waals surface area contributed by atoms with Gasteiger partial charge in [-0.05, 0) is 18.3 Å². The number of aromatic nitrogens is 2. The highest BCUT2D eigenvalue weighted by molar-refractivity contribution is 5.78. The molecule has 150 valence electrons. The Morgan fingerprint density at radius 3 is 2.63 bits per heavy atom. The minimum Gasteiger partial charge on any atom is -0.363 e. The maximum atomic E-state index is 12.9. The number of ether oxygens (including phenoxy) is 1. The van der Waals surface area contributed by atoms with Crippen molar-refractivity contribution in [1.29, 1.82) is 0 Å². The number of likely N-dealkylation sites (tertiary alicyclic amines) is 1. The lowest BCUT2D eigenvalue weighted by Crippen LogP contribution is -2.60. The fourth-order valence-corrected chi connectivity index (χ4v) is 3.69. The zero-order chi connectivity index (χ0) is 19.7. The number of urea groups is 1. The van der Waals surface area contributed by atoms with E-state index < -0.39 is 0 Å². The molecule has 3 rings (SSSR count). The van der Waals surface area contributed by atoms with Crippen molar-refractivity contribution in [2.24, 2.45) is 5.41 Å². The summed E-state index contributed by atoms with van der Waals surface area (Å²) in [4.78, 5) is 32.2. The first-order valence-electron chi connectivity index (χ1n) is 9.58. The molecule has 1 spiro atoms. The molecular formula is C19H31N5O3. The lowest BCUT2D eigenvalue weighted by atomic mass is 9.86. The van der Waals surface area contributed by atoms with Crippen molar-refractivity contribution < 1.29 is 14.3 Å². The zero-order valence-electron chi connectivity index (χ0n) is 16.8. The first kappa shape index (κ1) is 19.7. The lowest BCUT2D eigenvalue weighted by molar-refractivity contribution is -0.167. The molecule has 1 N–H and O–H groups in total. The average Bonchev–Trinajstić information content (AvgIpc) is 3.11. The maximum absolute atomic E-state index is 12.9. The summed E-state index contributed by atoms with van der Waals surface area (Å²) in [6, 6.07) is -0.0464. The standard InChI is InChI=1S/C19H31N5O3/c1-18(2,3)15(11-23-10-7-20-14-23)21-17(26)24-8-5-19(6-9-24)13-22(4)16(25)12-27-19/h7,10,14-15H,5-6,8-9,11-13H2,1-4H3,(H,21,26)/t15-/m1/s1. The van der Waals surface area contributed by atoms with E-state index in [1.54, 1.807) is 17.4 Å². The molecular weight excluding hydrogens is 346 g/mol. The Bertz CT molecular complexity index is 659. The second-order valence-corrected chi connectivity index (χ2v) is 8.84. The van der Waals surface area contributed by atoms with Gasteiger partial charge in [-0.15, -0.1) is 0 Å². The number of nitrogens with zero attached hydrogens (tertiary/aromatic N) is 4. The van der Waals surface area contributed by atoms with Crippen LogP contribution in [0.3, 0.4) is 0 Å². The van der Waals surface area contributed by atoms with E-state index >= 15 is 0 Å². The van der Waals surface area contributed by atoms with Crippen LogP contribution in [0.15, 0.2) is 18.7 Å². The molecule has 1 aromatic heterocycles. The second-order valence-electron chi connectivity index (χ2n) is 8.84. The van der Waals surface area contributed by atoms with E-state index in [9.17, 15) is 9.59 Å². The summed E-state index contributed by atoms with van der Waals surface area (Å²) < 4.78 is 7.85. The van der Waals surface area contributed by atoms with Crippen LogP contribution < -0.4 is 5.32 Å². The van der Waals surface area contributed by atoms with Crippen molar-refractivity contribution in [3.8, 4) is 0 Å². The normalized spacial score (nSPS) is 21.4. The highest BCUT2D eigenvalue weighted by Crippen LogP contribution is 2.30. The third-order valence-electron chi connectivity index (χ3n) is 5.71. The quantitative estimate of drug-likeness (QED) is 0.862. The van der Waals surface area contributed by atoms with Crippen LogP contribution in [0.1, 0.15) is 33.6 Å². The van der Waals surface area contributed by atoms with E-state index in [0.29, 0.717) is 26.2 Å². The minimum atomic E-state index is -0.306. The van der Waals surface area contributed by atoms with Crippen molar-refractivity contribution in [3.05, 3.63) is 18.7 Å². The Morgan fingerprint density at radius 1 is 1.37 bits per heavy atom. The van der Waals surface area contributed by atoms with Crippen molar-refractivity contribution in [1.82, 2.24) is 24.7 Å². The minimum absolute atomic E-state index is 0.00947. The number of carbonyl (C=O) groups is 2. The lowest BCUT2D eigenvalue weighted by Gasteiger charge is -2.46. The monoisotopic (exact) mass is 377 g/mol. The van der Waals surface area contributed by atoms with Crippen LogP contribution in [0, 0.1) is 5.41 Å². The van der Waals surface area contributed by atoms with E-state index in [1.165, 1.54) is 0 Å². The van der Waals surface area contributed by atoms with E-state index in [1.807, 2.05) is 22.7 Å². The number of hydrogen-bond acceptors (Lipinski definition) is 4. The van der Waals surface area contributed by atoms with Crippen LogP contribution in [0.4, 0.5) is 4.79 Å². The predicted molar refractivity (Wildman–Crippen MR) is 101 cm³/mol. The van der Waals surface area contributed by atoms with Crippen LogP contribution in [-0.2, 0) is 16.1 Å². The van der Waals surface area contributed by atoms with Crippen LogP contribution in [0.2, 0.25) is 0 Å². The van der Waals surface area contributed by atoms with Gasteiger partial charge in [-0.25, -0.2) is 9.78 Å². The molecule has 3 heterocycles. The summed E-state index contributed by atoms with van der Waals surface area (Å²) in [7, 11) is 1.82. The third-order valence-corrected chi connectivity index (χ3v) is 5.71. The van der Waals surface area contributed by atoms with Crippen LogP contribution in [0.5, 0.6) is 0 Å². The highest BCUT2D eigenvalue weighted by atomic mass is 16.5. The van der Waals surface area contributed by atoms with Gasteiger partial charge < -0.3 is 24.4 Å². The van der Waals surface area contributed by atoms with Crippen LogP contribution >= 0.6 is 0 Å². The Hall–Kier alpha value is -2.09. The molecule has 8 heteroatoms. The summed E-state index contributed by atoms with van der Waals surface area (Å²) in [6.07, 6.45) is 6.93. The Balaban J connectivity index is 1.57. The molecule has 0 radical (unpaired) electrons. The fourth-order valence-electron chi connectivity index (χ4n) is 3.69. The molecule has 3 amide bonds. The topological polar surface area (TPSA) is 79.7 Å². The summed E-state index contributed by atoms with van der Waals surface area (Å²) in [5.41, 5.74) is -0.383. The van der Waals surface area contributed by atoms with Gasteiger partial charge in [-0.2, -0.15) is 0 Å². The number of nitrogens with one attached hydrogen (secondary N) is 1. The van der Waals surface area contributed by atoms with E-state index in [4.69, 9.17) is 4.74 Å². The summed E-state index contributed by atoms with van der Waals surface area (Å²) >= 11 is 0. The first-order valence-corrected chi connectivity index (χ1v) is 9.58. The number of rotatable bonds is 3. The van der Waals surface area contributed by atoms with Crippen LogP contribution in [0.25, 0.3) is 0 Å². The molecule has 0 unspecified atom stereocenters. The molecule has 27 heavy (non-hydrogen) atoms. The highest BCUT2D eigenvalue weighted by Gasteiger charge is 2.42. The maximum Gasteiger partial charge on any atom is 0.317 e. The van der Waals surface area contributed by atoms with Gasteiger partial charge in [0.2, 0.25) is 5.91 Å². The molecule has 2 saturated heterocycles. The number of hydrogen-bond donors (Lipinski definition) is 1. The molecule has 8 nitrogen and oxygen atoms in total. The first-order chi connectivity index (χ1) is 12.7. The molecule has 0 aliphatic carbocycles. The molecule has 0 saturated carbocycles. The van der Waals surface area contributed by atoms with Crippen LogP contribution in [-0.4, -0.2) is 76.2 Å². The zero-order valence-corrected chi connectivity index (χ0v) is 16.8. The molecule has 2 aliphatic heterocycles. The summed E-state index contributed by atoms with van der Waals surface area (Å²) in [6.45, 7) is 9.08. The van der Waals surface area contributed by atoms with Gasteiger partial charge in [-0.1, -0.05) is 20.8 Å². The Labute approximate surface area is 160 Å². The SMILES string of the molecule is CN1CC2(CCN(C(=O)N[C@H](Cn3ccnc3)C(C)(C)C)CC2)OCC1=O. The fraction of sp³-hybridized carbons (Fsp3) is 0.737. The predicted octanol–water partition coefficient (Wildman–Crippen LogP) is 1.33. The van der Waals surface area contributed by atoms with Gasteiger partial charge in [0.25, 0.3) is 0 Å². The second kappa shape index (κ2) is 7.50. The van der Waals surface area contributed by atoms with E-state index in [-0.39, 0.29) is 35.6 Å². The Kier molecular flexibility index (Phi) is 5.46. The van der Waals surface area contributed by atoms with Crippen molar-refractivity contribution in [3.63, 3.8) is 0 Å². The van der Waals surface area contributed by atoms with Gasteiger partial charge >= 0.3 is 6.03 Å². The van der Waals surface area contributed by atoms with Gasteiger partial charge in [-0.3, -0.25) is 4.79 Å². The van der Waals surface area contributed by atoms with Gasteiger partial charge in [0.05, 0.1) is 18.0 Å². The smallest absolute Gasteiger partial charge is 0.317 e. The van der Waals surface area contributed by atoms with Crippen molar-refractivity contribution >= 4 is 11.9 Å². The van der Waals surface area contributed by atoms with Gasteiger partial charge in [0.1, 0.15) is 6.61 Å². The Morgan fingerprint density at radius 2 is 2.07 bits per heavy atom. The molecule has 1 aromatic rings. The van der Waals surface area contributed by atoms with Gasteiger partial charge in [0, 0.05) is 45.6 Å². The van der Waals surface area contributed by atoms with Crippen molar-refractivity contribution in [2.45, 2.75) is 51.8 Å². The number of morpholine rings is 1. The molecule has 0 bridgehead atoms. The van der Waals surface area contributed by atoms with Gasteiger partial charge in [0.15, 0.2) is 0 Å². The largest absolute Gasteiger partial charge is 0.363 e. The van der Waals surface area contributed by atoms with Crippen molar-refractivity contribution in [2.75, 3.05) is 33.3 Å². The molecule has 2 aliphatic rings. The average molecular weight is 377 g/mol. The van der Waals surface area contributed by atoms with E-state index in [0.717, 1.165) is 12.8 Å². The number of amides is 3.